The molecule has 0 bridgehead atoms. The molecule has 1 amide bonds. The maximum Gasteiger partial charge on any atom is 0.244 e. The fourth-order valence-electron chi connectivity index (χ4n) is 2.94. The first-order valence-corrected chi connectivity index (χ1v) is 7.47. The van der Waals surface area contributed by atoms with E-state index in [2.05, 4.69) is 15.4 Å². The van der Waals surface area contributed by atoms with E-state index in [9.17, 15) is 9.90 Å². The number of amides is 1. The van der Waals surface area contributed by atoms with Crippen LogP contribution in [0.4, 0.5) is 0 Å². The van der Waals surface area contributed by atoms with E-state index in [1.165, 1.54) is 25.6 Å². The van der Waals surface area contributed by atoms with Gasteiger partial charge in [0.1, 0.15) is 18.7 Å². The van der Waals surface area contributed by atoms with Gasteiger partial charge < -0.3 is 10.4 Å². The zero-order chi connectivity index (χ0) is 14.4. The molecule has 1 aromatic rings. The third-order valence-corrected chi connectivity index (χ3v) is 4.20. The molecule has 20 heavy (non-hydrogen) atoms. The van der Waals surface area contributed by atoms with Crippen molar-refractivity contribution < 1.29 is 9.90 Å². The number of rotatable bonds is 6. The normalized spacial score (nSPS) is 19.5. The number of aromatic nitrogens is 3. The van der Waals surface area contributed by atoms with Crippen molar-refractivity contribution in [2.45, 2.75) is 57.5 Å². The minimum atomic E-state index is -0.373. The van der Waals surface area contributed by atoms with Crippen molar-refractivity contribution in [3.63, 3.8) is 0 Å². The molecule has 2 N–H and O–H groups in total. The van der Waals surface area contributed by atoms with Crippen LogP contribution in [0.2, 0.25) is 0 Å². The van der Waals surface area contributed by atoms with E-state index < -0.39 is 0 Å². The van der Waals surface area contributed by atoms with Gasteiger partial charge in [0.2, 0.25) is 5.91 Å². The molecule has 1 aliphatic carbocycles. The van der Waals surface area contributed by atoms with Crippen LogP contribution in [-0.2, 0) is 4.79 Å². The minimum Gasteiger partial charge on any atom is -0.396 e. The number of carbonyl (C=O) groups excluding carboxylic acids is 1. The molecule has 1 heterocycles. The highest BCUT2D eigenvalue weighted by molar-refractivity contribution is 5.80. The van der Waals surface area contributed by atoms with E-state index in [0.29, 0.717) is 12.3 Å². The Hall–Kier alpha value is -1.43. The van der Waals surface area contributed by atoms with Crippen LogP contribution in [0.3, 0.4) is 0 Å². The van der Waals surface area contributed by atoms with Gasteiger partial charge in [0.25, 0.3) is 0 Å². The van der Waals surface area contributed by atoms with Crippen LogP contribution in [0.15, 0.2) is 12.7 Å². The van der Waals surface area contributed by atoms with Crippen molar-refractivity contribution in [3.8, 4) is 0 Å². The van der Waals surface area contributed by atoms with Gasteiger partial charge in [0.05, 0.1) is 0 Å². The molecule has 6 heteroatoms. The number of aliphatic hydroxyl groups excluding tert-OH is 1. The fourth-order valence-corrected chi connectivity index (χ4v) is 2.94. The van der Waals surface area contributed by atoms with Crippen LogP contribution < -0.4 is 5.32 Å². The Morgan fingerprint density at radius 3 is 2.80 bits per heavy atom. The van der Waals surface area contributed by atoms with Crippen molar-refractivity contribution in [1.82, 2.24) is 20.1 Å². The van der Waals surface area contributed by atoms with Crippen LogP contribution in [0.5, 0.6) is 0 Å². The fraction of sp³-hybridized carbons (Fsp3) is 0.786. The predicted octanol–water partition coefficient (Wildman–Crippen LogP) is 1.29. The summed E-state index contributed by atoms with van der Waals surface area (Å²) in [7, 11) is 0. The molecule has 6 nitrogen and oxygen atoms in total. The smallest absolute Gasteiger partial charge is 0.244 e. The lowest BCUT2D eigenvalue weighted by atomic mass is 9.82. The zero-order valence-electron chi connectivity index (χ0n) is 12.0. The molecule has 1 fully saturated rings. The van der Waals surface area contributed by atoms with Crippen LogP contribution in [0.1, 0.15) is 51.5 Å². The highest BCUT2D eigenvalue weighted by Gasteiger charge is 2.26. The van der Waals surface area contributed by atoms with Crippen molar-refractivity contribution in [2.24, 2.45) is 5.92 Å². The molecule has 0 radical (unpaired) electrons. The van der Waals surface area contributed by atoms with E-state index in [0.717, 1.165) is 12.8 Å². The highest BCUT2D eigenvalue weighted by Crippen LogP contribution is 2.28. The molecule has 0 spiro atoms. The molecule has 1 aromatic heterocycles. The second kappa shape index (κ2) is 7.38. The Morgan fingerprint density at radius 1 is 1.45 bits per heavy atom. The molecule has 2 unspecified atom stereocenters. The van der Waals surface area contributed by atoms with Gasteiger partial charge in [0.15, 0.2) is 0 Å². The van der Waals surface area contributed by atoms with Crippen molar-refractivity contribution in [1.29, 1.82) is 0 Å². The van der Waals surface area contributed by atoms with E-state index in [-0.39, 0.29) is 24.6 Å². The zero-order valence-corrected chi connectivity index (χ0v) is 12.0. The average molecular weight is 280 g/mol. The van der Waals surface area contributed by atoms with Gasteiger partial charge in [-0.25, -0.2) is 9.67 Å². The number of nitrogens with zero attached hydrogens (tertiary/aromatic N) is 3. The van der Waals surface area contributed by atoms with Gasteiger partial charge in [-0.3, -0.25) is 4.79 Å². The summed E-state index contributed by atoms with van der Waals surface area (Å²) in [5, 5.41) is 16.3. The molecule has 1 aliphatic rings. The van der Waals surface area contributed by atoms with Gasteiger partial charge in [-0.1, -0.05) is 19.3 Å². The lowest BCUT2D eigenvalue weighted by molar-refractivity contribution is -0.125. The summed E-state index contributed by atoms with van der Waals surface area (Å²) < 4.78 is 1.55. The molecule has 112 valence electrons. The van der Waals surface area contributed by atoms with Crippen LogP contribution in [0, 0.1) is 5.92 Å². The first-order valence-electron chi connectivity index (χ1n) is 7.47. The van der Waals surface area contributed by atoms with Crippen molar-refractivity contribution >= 4 is 5.91 Å². The number of nitrogens with one attached hydrogen (secondary N) is 1. The number of hydrogen-bond donors (Lipinski definition) is 2. The Balaban J connectivity index is 1.94. The van der Waals surface area contributed by atoms with Crippen molar-refractivity contribution in [3.05, 3.63) is 12.7 Å². The first-order chi connectivity index (χ1) is 9.72. The summed E-state index contributed by atoms with van der Waals surface area (Å²) in [5.74, 6) is 0.433. The van der Waals surface area contributed by atoms with E-state index in [1.807, 2.05) is 0 Å². The van der Waals surface area contributed by atoms with Gasteiger partial charge in [-0.2, -0.15) is 5.10 Å². The molecule has 0 saturated heterocycles. The summed E-state index contributed by atoms with van der Waals surface area (Å²) in [6.07, 6.45) is 9.61. The third kappa shape index (κ3) is 3.79. The largest absolute Gasteiger partial charge is 0.396 e. The summed E-state index contributed by atoms with van der Waals surface area (Å²) in [5.41, 5.74) is 0. The third-order valence-electron chi connectivity index (χ3n) is 4.20. The summed E-state index contributed by atoms with van der Waals surface area (Å²) in [6.45, 7) is 1.92. The van der Waals surface area contributed by atoms with Crippen LogP contribution in [-0.4, -0.2) is 38.4 Å². The minimum absolute atomic E-state index is 0.0560. The quantitative estimate of drug-likeness (QED) is 0.823. The molecule has 0 aliphatic heterocycles. The molecule has 2 atom stereocenters. The van der Waals surface area contributed by atoms with E-state index in [4.69, 9.17) is 0 Å². The van der Waals surface area contributed by atoms with Crippen molar-refractivity contribution in [2.75, 3.05) is 6.61 Å². The maximum atomic E-state index is 12.3. The van der Waals surface area contributed by atoms with Gasteiger partial charge in [-0.15, -0.1) is 0 Å². The number of hydrogen-bond acceptors (Lipinski definition) is 4. The molecule has 0 aromatic carbocycles. The Labute approximate surface area is 119 Å². The van der Waals surface area contributed by atoms with Crippen LogP contribution >= 0.6 is 0 Å². The van der Waals surface area contributed by atoms with Gasteiger partial charge in [-0.05, 0) is 32.1 Å². The molecular weight excluding hydrogens is 256 g/mol. The Bertz CT molecular complexity index is 401. The van der Waals surface area contributed by atoms with Gasteiger partial charge >= 0.3 is 0 Å². The first kappa shape index (κ1) is 15.0. The summed E-state index contributed by atoms with van der Waals surface area (Å²) in [4.78, 5) is 16.2. The summed E-state index contributed by atoms with van der Waals surface area (Å²) in [6, 6.07) is -0.305. The molecule has 1 saturated carbocycles. The lowest BCUT2D eigenvalue weighted by Gasteiger charge is -2.31. The maximum absolute atomic E-state index is 12.3. The average Bonchev–Trinajstić information content (AvgIpc) is 3.01. The van der Waals surface area contributed by atoms with Gasteiger partial charge in [0, 0.05) is 12.6 Å². The monoisotopic (exact) mass is 280 g/mol. The Kier molecular flexibility index (Phi) is 5.52. The van der Waals surface area contributed by atoms with E-state index >= 15 is 0 Å². The summed E-state index contributed by atoms with van der Waals surface area (Å²) >= 11 is 0. The lowest BCUT2D eigenvalue weighted by Crippen LogP contribution is -2.44. The van der Waals surface area contributed by atoms with E-state index in [1.54, 1.807) is 17.9 Å². The second-order valence-corrected chi connectivity index (χ2v) is 5.58. The number of carbonyl (C=O) groups is 1. The molecule has 2 rings (SSSR count). The standard InChI is InChI=1S/C14H24N4O2/c1-11(18-10-15-9-16-18)14(20)17-13(7-8-19)12-5-3-2-4-6-12/h9-13,19H,2-8H2,1H3,(H,17,20). The van der Waals surface area contributed by atoms with Crippen LogP contribution in [0.25, 0.3) is 0 Å². The SMILES string of the molecule is CC(C(=O)NC(CCO)C1CCCCC1)n1cncn1. The topological polar surface area (TPSA) is 80.0 Å². The predicted molar refractivity (Wildman–Crippen MR) is 74.9 cm³/mol. The second-order valence-electron chi connectivity index (χ2n) is 5.58. The molecular formula is C14H24N4O2. The Morgan fingerprint density at radius 2 is 2.20 bits per heavy atom. The highest BCUT2D eigenvalue weighted by atomic mass is 16.3. The number of aliphatic hydroxyl groups is 1.